The number of anilines is 1. The zero-order chi connectivity index (χ0) is 22.7. The standard InChI is InChI=1S/C28H42N2O2/c1-27-16-14-24-22(11-13-25-28(24,2)17-15-26(31)30(25)5)23(27)12-6-19(27)18-32-21-9-7-20(8-10-21)29(3)4/h7-10,19,22-25H,6,11-18H2,1-5H3/t19?,22-,23-,24+,25?,27+,28+/m0/s1. The molecule has 1 aromatic rings. The molecular weight excluding hydrogens is 396 g/mol. The van der Waals surface area contributed by atoms with Crippen LogP contribution in [0.1, 0.15) is 65.2 Å². The number of piperidine rings is 1. The van der Waals surface area contributed by atoms with Gasteiger partial charge in [-0.05, 0) is 104 Å². The van der Waals surface area contributed by atoms with Crippen LogP contribution in [0.5, 0.6) is 5.75 Å². The first-order valence-corrected chi connectivity index (χ1v) is 12.9. The molecule has 4 nitrogen and oxygen atoms in total. The van der Waals surface area contributed by atoms with E-state index in [4.69, 9.17) is 4.74 Å². The maximum Gasteiger partial charge on any atom is 0.222 e. The normalized spacial score (nSPS) is 41.0. The predicted octanol–water partition coefficient (Wildman–Crippen LogP) is 5.61. The fourth-order valence-corrected chi connectivity index (χ4v) is 8.57. The van der Waals surface area contributed by atoms with Crippen molar-refractivity contribution in [2.75, 3.05) is 32.6 Å². The van der Waals surface area contributed by atoms with Crippen LogP contribution < -0.4 is 9.64 Å². The fourth-order valence-electron chi connectivity index (χ4n) is 8.57. The lowest BCUT2D eigenvalue weighted by atomic mass is 9.47. The maximum atomic E-state index is 12.4. The lowest BCUT2D eigenvalue weighted by molar-refractivity contribution is -0.158. The van der Waals surface area contributed by atoms with E-state index >= 15 is 0 Å². The smallest absolute Gasteiger partial charge is 0.222 e. The largest absolute Gasteiger partial charge is 0.493 e. The van der Waals surface area contributed by atoms with Gasteiger partial charge in [-0.2, -0.15) is 0 Å². The van der Waals surface area contributed by atoms with Crippen molar-refractivity contribution in [1.82, 2.24) is 4.90 Å². The summed E-state index contributed by atoms with van der Waals surface area (Å²) in [5.41, 5.74) is 1.93. The van der Waals surface area contributed by atoms with Crippen molar-refractivity contribution in [3.8, 4) is 5.75 Å². The van der Waals surface area contributed by atoms with Gasteiger partial charge in [-0.25, -0.2) is 0 Å². The van der Waals surface area contributed by atoms with E-state index in [0.717, 1.165) is 43.0 Å². The number of ether oxygens (including phenoxy) is 1. The first-order valence-electron chi connectivity index (χ1n) is 12.9. The van der Waals surface area contributed by atoms with Gasteiger partial charge in [-0.1, -0.05) is 13.8 Å². The zero-order valence-electron chi connectivity index (χ0n) is 20.8. The SMILES string of the molecule is CN(C)c1ccc(OCC2CC[C@H]3[C@@H]4CCC5N(C)C(=O)CC[C@]5(C)[C@@H]4CC[C@]23C)cc1. The molecule has 32 heavy (non-hydrogen) atoms. The van der Waals surface area contributed by atoms with Gasteiger partial charge in [0.15, 0.2) is 0 Å². The number of hydrogen-bond acceptors (Lipinski definition) is 3. The third kappa shape index (κ3) is 3.35. The van der Waals surface area contributed by atoms with Crippen LogP contribution in [-0.2, 0) is 4.79 Å². The van der Waals surface area contributed by atoms with E-state index in [1.54, 1.807) is 0 Å². The van der Waals surface area contributed by atoms with Crippen LogP contribution >= 0.6 is 0 Å². The van der Waals surface area contributed by atoms with E-state index in [1.165, 1.54) is 44.2 Å². The van der Waals surface area contributed by atoms with Crippen molar-refractivity contribution in [3.63, 3.8) is 0 Å². The first kappa shape index (κ1) is 22.1. The highest BCUT2D eigenvalue weighted by Gasteiger charge is 2.61. The molecule has 0 spiro atoms. The van der Waals surface area contributed by atoms with Crippen LogP contribution in [0.4, 0.5) is 5.69 Å². The van der Waals surface area contributed by atoms with Crippen LogP contribution in [0, 0.1) is 34.5 Å². The average molecular weight is 439 g/mol. The molecule has 4 heteroatoms. The van der Waals surface area contributed by atoms with Gasteiger partial charge in [0.1, 0.15) is 5.75 Å². The lowest BCUT2D eigenvalue weighted by Crippen LogP contribution is -2.61. The van der Waals surface area contributed by atoms with Gasteiger partial charge in [0.25, 0.3) is 0 Å². The number of likely N-dealkylation sites (tertiary alicyclic amines) is 1. The molecular formula is C28H42N2O2. The van der Waals surface area contributed by atoms with E-state index in [1.807, 2.05) is 0 Å². The van der Waals surface area contributed by atoms with Crippen molar-refractivity contribution in [3.05, 3.63) is 24.3 Å². The Hall–Kier alpha value is -1.71. The molecule has 0 N–H and O–H groups in total. The zero-order valence-corrected chi connectivity index (χ0v) is 20.8. The first-order chi connectivity index (χ1) is 15.2. The molecule has 4 fully saturated rings. The van der Waals surface area contributed by atoms with E-state index in [9.17, 15) is 4.79 Å². The Balaban J connectivity index is 1.28. The molecule has 176 valence electrons. The maximum absolute atomic E-state index is 12.4. The third-order valence-electron chi connectivity index (χ3n) is 10.6. The minimum absolute atomic E-state index is 0.315. The summed E-state index contributed by atoms with van der Waals surface area (Å²) in [6, 6.07) is 8.98. The predicted molar refractivity (Wildman–Crippen MR) is 130 cm³/mol. The van der Waals surface area contributed by atoms with Gasteiger partial charge >= 0.3 is 0 Å². The summed E-state index contributed by atoms with van der Waals surface area (Å²) in [5.74, 6) is 4.46. The molecule has 3 saturated carbocycles. The average Bonchev–Trinajstić information content (AvgIpc) is 3.12. The highest BCUT2D eigenvalue weighted by Crippen LogP contribution is 2.66. The highest BCUT2D eigenvalue weighted by atomic mass is 16.5. The quantitative estimate of drug-likeness (QED) is 0.612. The monoisotopic (exact) mass is 438 g/mol. The molecule has 2 unspecified atom stereocenters. The van der Waals surface area contributed by atoms with Crippen LogP contribution in [-0.4, -0.2) is 44.6 Å². The topological polar surface area (TPSA) is 32.8 Å². The Morgan fingerprint density at radius 3 is 2.41 bits per heavy atom. The minimum atomic E-state index is 0.315. The number of benzene rings is 1. The van der Waals surface area contributed by atoms with Gasteiger partial charge in [0, 0.05) is 39.3 Å². The Kier molecular flexibility index (Phi) is 5.49. The van der Waals surface area contributed by atoms with Crippen molar-refractivity contribution in [1.29, 1.82) is 0 Å². The van der Waals surface area contributed by atoms with Crippen LogP contribution in [0.3, 0.4) is 0 Å². The number of amides is 1. The van der Waals surface area contributed by atoms with Crippen molar-refractivity contribution in [2.45, 2.75) is 71.3 Å². The van der Waals surface area contributed by atoms with Crippen LogP contribution in [0.15, 0.2) is 24.3 Å². The van der Waals surface area contributed by atoms with E-state index in [2.05, 4.69) is 69.1 Å². The summed E-state index contributed by atoms with van der Waals surface area (Å²) in [4.78, 5) is 16.6. The van der Waals surface area contributed by atoms with Crippen LogP contribution in [0.25, 0.3) is 0 Å². The molecule has 3 aliphatic carbocycles. The van der Waals surface area contributed by atoms with Crippen molar-refractivity contribution in [2.24, 2.45) is 34.5 Å². The number of fused-ring (bicyclic) bond motifs is 5. The third-order valence-corrected chi connectivity index (χ3v) is 10.6. The van der Waals surface area contributed by atoms with E-state index < -0.39 is 0 Å². The molecule has 0 bridgehead atoms. The van der Waals surface area contributed by atoms with E-state index in [-0.39, 0.29) is 0 Å². The molecule has 1 amide bonds. The second-order valence-corrected chi connectivity index (χ2v) is 12.0. The second-order valence-electron chi connectivity index (χ2n) is 12.0. The van der Waals surface area contributed by atoms with Gasteiger partial charge in [0.2, 0.25) is 5.91 Å². The number of hydrogen-bond donors (Lipinski definition) is 0. The summed E-state index contributed by atoms with van der Waals surface area (Å²) in [6.07, 6.45) is 9.68. The molecule has 1 aromatic carbocycles. The summed E-state index contributed by atoms with van der Waals surface area (Å²) in [6.45, 7) is 5.95. The molecule has 1 saturated heterocycles. The molecule has 7 atom stereocenters. The minimum Gasteiger partial charge on any atom is -0.493 e. The molecule has 0 aromatic heterocycles. The summed E-state index contributed by atoms with van der Waals surface area (Å²) >= 11 is 0. The molecule has 0 radical (unpaired) electrons. The van der Waals surface area contributed by atoms with Crippen LogP contribution in [0.2, 0.25) is 0 Å². The van der Waals surface area contributed by atoms with Gasteiger partial charge in [-0.3, -0.25) is 4.79 Å². The van der Waals surface area contributed by atoms with Crippen molar-refractivity contribution < 1.29 is 9.53 Å². The molecule has 4 aliphatic rings. The summed E-state index contributed by atoms with van der Waals surface area (Å²) in [7, 11) is 6.21. The van der Waals surface area contributed by atoms with Gasteiger partial charge in [-0.15, -0.1) is 0 Å². The fraction of sp³-hybridized carbons (Fsp3) is 0.750. The Labute approximate surface area is 194 Å². The number of rotatable bonds is 4. The number of carbonyl (C=O) groups is 1. The molecule has 1 heterocycles. The molecule has 5 rings (SSSR count). The summed E-state index contributed by atoms with van der Waals surface area (Å²) < 4.78 is 6.34. The van der Waals surface area contributed by atoms with Gasteiger partial charge in [0.05, 0.1) is 6.61 Å². The number of nitrogens with zero attached hydrogens (tertiary/aromatic N) is 2. The van der Waals surface area contributed by atoms with Gasteiger partial charge < -0.3 is 14.5 Å². The molecule has 1 aliphatic heterocycles. The Morgan fingerprint density at radius 2 is 1.69 bits per heavy atom. The van der Waals surface area contributed by atoms with E-state index in [0.29, 0.717) is 28.7 Å². The Bertz CT molecular complexity index is 851. The van der Waals surface area contributed by atoms with Crippen molar-refractivity contribution >= 4 is 11.6 Å². The lowest BCUT2D eigenvalue weighted by Gasteiger charge is -2.61. The summed E-state index contributed by atoms with van der Waals surface area (Å²) in [5, 5.41) is 0. The second kappa shape index (κ2) is 7.95. The number of carbonyl (C=O) groups excluding carboxylic acids is 1. The highest BCUT2D eigenvalue weighted by molar-refractivity contribution is 5.77. The Morgan fingerprint density at radius 1 is 0.969 bits per heavy atom.